The van der Waals surface area contributed by atoms with Crippen molar-refractivity contribution in [2.24, 2.45) is 0 Å². The van der Waals surface area contributed by atoms with Gasteiger partial charge in [0.2, 0.25) is 5.88 Å². The first-order valence-corrected chi connectivity index (χ1v) is 5.87. The Morgan fingerprint density at radius 3 is 2.55 bits per heavy atom. The fourth-order valence-corrected chi connectivity index (χ4v) is 1.67. The number of hydrogen-bond acceptors (Lipinski definition) is 5. The highest BCUT2D eigenvalue weighted by Crippen LogP contribution is 2.26. The molecule has 0 aliphatic rings. The van der Waals surface area contributed by atoms with Crippen LogP contribution in [0.25, 0.3) is 0 Å². The van der Waals surface area contributed by atoms with Crippen LogP contribution in [0.4, 0.5) is 5.69 Å². The first-order chi connectivity index (χ1) is 9.47. The zero-order chi connectivity index (χ0) is 14.7. The first-order valence-electron chi connectivity index (χ1n) is 5.87. The standard InChI is InChI=1S/C14H12N2O4/c1-9-7-12(4-5-13(9)16(18)19)20-14-6-3-11(8-15-14)10(2)17/h3-8H,1-2H3. The summed E-state index contributed by atoms with van der Waals surface area (Å²) in [4.78, 5) is 25.4. The molecule has 2 aromatic rings. The van der Waals surface area contributed by atoms with Crippen molar-refractivity contribution in [3.8, 4) is 11.6 Å². The number of carbonyl (C=O) groups excluding carboxylic acids is 1. The molecule has 0 saturated carbocycles. The molecule has 0 bridgehead atoms. The highest BCUT2D eigenvalue weighted by atomic mass is 16.6. The summed E-state index contributed by atoms with van der Waals surface area (Å²) in [6, 6.07) is 7.65. The fraction of sp³-hybridized carbons (Fsp3) is 0.143. The molecule has 0 aliphatic carbocycles. The van der Waals surface area contributed by atoms with Crippen LogP contribution in [0.15, 0.2) is 36.5 Å². The van der Waals surface area contributed by atoms with Crippen LogP contribution in [0.3, 0.4) is 0 Å². The quantitative estimate of drug-likeness (QED) is 0.484. The van der Waals surface area contributed by atoms with Crippen molar-refractivity contribution in [2.75, 3.05) is 0 Å². The van der Waals surface area contributed by atoms with Gasteiger partial charge in [0, 0.05) is 29.5 Å². The molecule has 0 atom stereocenters. The highest BCUT2D eigenvalue weighted by Gasteiger charge is 2.11. The van der Waals surface area contributed by atoms with Crippen LogP contribution in [0.5, 0.6) is 11.6 Å². The largest absolute Gasteiger partial charge is 0.439 e. The van der Waals surface area contributed by atoms with E-state index in [4.69, 9.17) is 4.74 Å². The van der Waals surface area contributed by atoms with Crippen LogP contribution in [-0.2, 0) is 0 Å². The number of ketones is 1. The van der Waals surface area contributed by atoms with Crippen LogP contribution in [-0.4, -0.2) is 15.7 Å². The van der Waals surface area contributed by atoms with Crippen LogP contribution in [0.2, 0.25) is 0 Å². The second-order valence-electron chi connectivity index (χ2n) is 4.25. The Balaban J connectivity index is 2.19. The molecule has 0 fully saturated rings. The third kappa shape index (κ3) is 2.97. The average molecular weight is 272 g/mol. The normalized spacial score (nSPS) is 10.1. The number of nitro groups is 1. The van der Waals surface area contributed by atoms with Gasteiger partial charge in [-0.05, 0) is 32.0 Å². The van der Waals surface area contributed by atoms with Crippen LogP contribution in [0, 0.1) is 17.0 Å². The maximum Gasteiger partial charge on any atom is 0.272 e. The molecular formula is C14H12N2O4. The summed E-state index contributed by atoms with van der Waals surface area (Å²) in [5.41, 5.74) is 1.04. The second-order valence-corrected chi connectivity index (χ2v) is 4.25. The van der Waals surface area contributed by atoms with Gasteiger partial charge in [0.15, 0.2) is 5.78 Å². The lowest BCUT2D eigenvalue weighted by atomic mass is 10.2. The average Bonchev–Trinajstić information content (AvgIpc) is 2.39. The molecule has 0 spiro atoms. The van der Waals surface area contributed by atoms with Crippen LogP contribution >= 0.6 is 0 Å². The summed E-state index contributed by atoms with van der Waals surface area (Å²) in [7, 11) is 0. The van der Waals surface area contributed by atoms with Gasteiger partial charge in [-0.2, -0.15) is 0 Å². The van der Waals surface area contributed by atoms with E-state index in [0.717, 1.165) is 0 Å². The summed E-state index contributed by atoms with van der Waals surface area (Å²) in [6.07, 6.45) is 1.43. The van der Waals surface area contributed by atoms with E-state index in [1.165, 1.54) is 25.3 Å². The van der Waals surface area contributed by atoms with Crippen molar-refractivity contribution in [1.29, 1.82) is 0 Å². The number of ether oxygens (including phenoxy) is 1. The lowest BCUT2D eigenvalue weighted by Gasteiger charge is -2.06. The molecule has 0 amide bonds. The van der Waals surface area contributed by atoms with Crippen molar-refractivity contribution in [3.05, 3.63) is 57.8 Å². The van der Waals surface area contributed by atoms with Crippen LogP contribution < -0.4 is 4.74 Å². The highest BCUT2D eigenvalue weighted by molar-refractivity contribution is 5.93. The molecule has 0 unspecified atom stereocenters. The molecule has 0 radical (unpaired) electrons. The van der Waals surface area contributed by atoms with Gasteiger partial charge in [-0.3, -0.25) is 14.9 Å². The predicted octanol–water partition coefficient (Wildman–Crippen LogP) is 3.29. The number of hydrogen-bond donors (Lipinski definition) is 0. The Morgan fingerprint density at radius 2 is 2.05 bits per heavy atom. The lowest BCUT2D eigenvalue weighted by Crippen LogP contribution is -1.95. The third-order valence-corrected chi connectivity index (χ3v) is 2.73. The zero-order valence-corrected chi connectivity index (χ0v) is 11.0. The first kappa shape index (κ1) is 13.7. The maximum atomic E-state index is 11.1. The van der Waals surface area contributed by atoms with Crippen molar-refractivity contribution in [1.82, 2.24) is 4.98 Å². The lowest BCUT2D eigenvalue weighted by molar-refractivity contribution is -0.385. The zero-order valence-electron chi connectivity index (χ0n) is 11.0. The van der Waals surface area contributed by atoms with Gasteiger partial charge in [-0.1, -0.05) is 0 Å². The minimum absolute atomic E-state index is 0.0391. The van der Waals surface area contributed by atoms with Gasteiger partial charge in [-0.25, -0.2) is 4.98 Å². The molecule has 2 rings (SSSR count). The van der Waals surface area contributed by atoms with E-state index < -0.39 is 4.92 Å². The SMILES string of the molecule is CC(=O)c1ccc(Oc2ccc([N+](=O)[O-])c(C)c2)nc1. The van der Waals surface area contributed by atoms with Gasteiger partial charge < -0.3 is 4.74 Å². The number of nitro benzene ring substituents is 1. The monoisotopic (exact) mass is 272 g/mol. The molecule has 6 nitrogen and oxygen atoms in total. The summed E-state index contributed by atoms with van der Waals surface area (Å²) >= 11 is 0. The van der Waals surface area contributed by atoms with E-state index in [0.29, 0.717) is 22.8 Å². The Hall–Kier alpha value is -2.76. The Morgan fingerprint density at radius 1 is 1.30 bits per heavy atom. The maximum absolute atomic E-state index is 11.1. The summed E-state index contributed by atoms with van der Waals surface area (Å²) in [6.45, 7) is 3.09. The molecule has 1 heterocycles. The number of Topliss-reactive ketones (excluding diaryl/α,β-unsaturated/α-hetero) is 1. The number of rotatable bonds is 4. The van der Waals surface area contributed by atoms with Crippen molar-refractivity contribution in [3.63, 3.8) is 0 Å². The Labute approximate surface area is 115 Å². The topological polar surface area (TPSA) is 82.3 Å². The Kier molecular flexibility index (Phi) is 3.74. The van der Waals surface area contributed by atoms with Crippen molar-refractivity contribution >= 4 is 11.5 Å². The van der Waals surface area contributed by atoms with E-state index in [1.807, 2.05) is 0 Å². The minimum Gasteiger partial charge on any atom is -0.439 e. The Bertz CT molecular complexity index is 665. The smallest absolute Gasteiger partial charge is 0.272 e. The number of aryl methyl sites for hydroxylation is 1. The van der Waals surface area contributed by atoms with Crippen molar-refractivity contribution < 1.29 is 14.5 Å². The number of carbonyl (C=O) groups is 1. The number of aromatic nitrogens is 1. The molecule has 0 saturated heterocycles. The molecule has 1 aromatic heterocycles. The van der Waals surface area contributed by atoms with E-state index in [2.05, 4.69) is 4.98 Å². The van der Waals surface area contributed by atoms with E-state index in [-0.39, 0.29) is 11.5 Å². The van der Waals surface area contributed by atoms with Crippen molar-refractivity contribution in [2.45, 2.75) is 13.8 Å². The number of nitrogens with zero attached hydrogens (tertiary/aromatic N) is 2. The third-order valence-electron chi connectivity index (χ3n) is 2.73. The summed E-state index contributed by atoms with van der Waals surface area (Å²) < 4.78 is 5.48. The van der Waals surface area contributed by atoms with Crippen LogP contribution in [0.1, 0.15) is 22.8 Å². The molecule has 0 aliphatic heterocycles. The molecule has 0 N–H and O–H groups in total. The summed E-state index contributed by atoms with van der Waals surface area (Å²) in [5.74, 6) is 0.703. The predicted molar refractivity (Wildman–Crippen MR) is 72.1 cm³/mol. The summed E-state index contributed by atoms with van der Waals surface area (Å²) in [5, 5.41) is 10.7. The minimum atomic E-state index is -0.445. The second kappa shape index (κ2) is 5.48. The molecule has 102 valence electrons. The number of benzene rings is 1. The fourth-order valence-electron chi connectivity index (χ4n) is 1.67. The van der Waals surface area contributed by atoms with E-state index in [9.17, 15) is 14.9 Å². The molecule has 20 heavy (non-hydrogen) atoms. The van der Waals surface area contributed by atoms with E-state index >= 15 is 0 Å². The number of pyridine rings is 1. The van der Waals surface area contributed by atoms with Gasteiger partial charge in [0.05, 0.1) is 4.92 Å². The van der Waals surface area contributed by atoms with Gasteiger partial charge in [-0.15, -0.1) is 0 Å². The van der Waals surface area contributed by atoms with Gasteiger partial charge in [0.1, 0.15) is 5.75 Å². The molecule has 6 heteroatoms. The van der Waals surface area contributed by atoms with Gasteiger partial charge >= 0.3 is 0 Å². The van der Waals surface area contributed by atoms with Gasteiger partial charge in [0.25, 0.3) is 5.69 Å². The molecule has 1 aromatic carbocycles. The van der Waals surface area contributed by atoms with E-state index in [1.54, 1.807) is 25.1 Å². The molecular weight excluding hydrogens is 260 g/mol.